The molecule has 0 atom stereocenters. The van der Waals surface area contributed by atoms with Crippen LogP contribution in [-0.2, 0) is 0 Å². The van der Waals surface area contributed by atoms with Gasteiger partial charge in [0.2, 0.25) is 5.13 Å². The van der Waals surface area contributed by atoms with Crippen LogP contribution >= 0.6 is 34.7 Å². The summed E-state index contributed by atoms with van der Waals surface area (Å²) < 4.78 is 0.795. The van der Waals surface area contributed by atoms with Crippen molar-refractivity contribution in [2.45, 2.75) is 9.24 Å². The molecule has 18 heavy (non-hydrogen) atoms. The van der Waals surface area contributed by atoms with Gasteiger partial charge < -0.3 is 4.90 Å². The van der Waals surface area contributed by atoms with Crippen molar-refractivity contribution in [3.63, 3.8) is 0 Å². The second-order valence-electron chi connectivity index (χ2n) is 3.65. The van der Waals surface area contributed by atoms with Gasteiger partial charge in [0.05, 0.1) is 0 Å². The van der Waals surface area contributed by atoms with Crippen molar-refractivity contribution in [3.8, 4) is 0 Å². The van der Waals surface area contributed by atoms with Crippen molar-refractivity contribution in [1.82, 2.24) is 10.2 Å². The Morgan fingerprint density at radius 2 is 2.17 bits per heavy atom. The Hall–Kier alpha value is -1.11. The van der Waals surface area contributed by atoms with E-state index in [1.165, 1.54) is 23.1 Å². The Morgan fingerprint density at radius 1 is 1.39 bits per heavy atom. The van der Waals surface area contributed by atoms with Gasteiger partial charge in [0, 0.05) is 29.6 Å². The average Bonchev–Trinajstić information content (AvgIpc) is 2.80. The number of anilines is 1. The molecule has 0 aliphatic carbocycles. The second-order valence-corrected chi connectivity index (χ2v) is 6.33. The molecular weight excluding hydrogens is 290 g/mol. The number of halogens is 1. The summed E-state index contributed by atoms with van der Waals surface area (Å²) in [4.78, 5) is 13.7. The number of nitrogens with zero attached hydrogens (tertiary/aromatic N) is 3. The molecule has 4 nitrogen and oxygen atoms in total. The average molecular weight is 300 g/mol. The number of benzene rings is 1. The molecule has 0 aliphatic heterocycles. The molecule has 2 rings (SSSR count). The number of rotatable bonds is 4. The molecule has 0 saturated carbocycles. The van der Waals surface area contributed by atoms with E-state index in [2.05, 4.69) is 10.2 Å². The van der Waals surface area contributed by atoms with E-state index >= 15 is 0 Å². The summed E-state index contributed by atoms with van der Waals surface area (Å²) in [5.41, 5.74) is 0.564. The number of carbonyl (C=O) groups excluding carboxylic acids is 1. The molecule has 1 aromatic carbocycles. The molecule has 0 fully saturated rings. The molecule has 1 heterocycles. The Bertz CT molecular complexity index is 571. The first-order chi connectivity index (χ1) is 8.60. The van der Waals surface area contributed by atoms with Gasteiger partial charge in [-0.2, -0.15) is 0 Å². The summed E-state index contributed by atoms with van der Waals surface area (Å²) in [5, 5.41) is 9.50. The molecule has 7 heteroatoms. The standard InChI is InChI=1S/C11H10ClN3OS2/c1-15(2)10-13-14-11(18-10)17-9-4-3-8(12)5-7(9)6-16/h3-6H,1-2H3. The molecule has 0 bridgehead atoms. The minimum Gasteiger partial charge on any atom is -0.353 e. The van der Waals surface area contributed by atoms with Gasteiger partial charge in [-0.05, 0) is 18.2 Å². The Kier molecular flexibility index (Phi) is 4.21. The van der Waals surface area contributed by atoms with Crippen LogP contribution in [0.2, 0.25) is 5.02 Å². The third kappa shape index (κ3) is 3.01. The lowest BCUT2D eigenvalue weighted by Crippen LogP contribution is -2.07. The summed E-state index contributed by atoms with van der Waals surface area (Å²) >= 11 is 8.74. The largest absolute Gasteiger partial charge is 0.353 e. The van der Waals surface area contributed by atoms with E-state index in [-0.39, 0.29) is 0 Å². The number of hydrogen-bond donors (Lipinski definition) is 0. The minimum absolute atomic E-state index is 0.549. The van der Waals surface area contributed by atoms with E-state index in [0.717, 1.165) is 20.7 Å². The molecular formula is C11H10ClN3OS2. The highest BCUT2D eigenvalue weighted by molar-refractivity contribution is 8.01. The van der Waals surface area contributed by atoms with Crippen LogP contribution in [0.3, 0.4) is 0 Å². The van der Waals surface area contributed by atoms with Gasteiger partial charge in [-0.3, -0.25) is 4.79 Å². The van der Waals surface area contributed by atoms with Gasteiger partial charge in [-0.25, -0.2) is 0 Å². The molecule has 0 saturated heterocycles. The van der Waals surface area contributed by atoms with Gasteiger partial charge >= 0.3 is 0 Å². The molecule has 94 valence electrons. The topological polar surface area (TPSA) is 46.1 Å². The minimum atomic E-state index is 0.549. The Balaban J connectivity index is 2.25. The van der Waals surface area contributed by atoms with Crippen LogP contribution in [0.1, 0.15) is 10.4 Å². The lowest BCUT2D eigenvalue weighted by molar-refractivity contribution is 0.112. The van der Waals surface area contributed by atoms with E-state index in [9.17, 15) is 4.79 Å². The molecule has 1 aromatic heterocycles. The zero-order chi connectivity index (χ0) is 13.1. The highest BCUT2D eigenvalue weighted by Crippen LogP contribution is 2.34. The molecule has 2 aromatic rings. The van der Waals surface area contributed by atoms with Crippen molar-refractivity contribution in [3.05, 3.63) is 28.8 Å². The third-order valence-electron chi connectivity index (χ3n) is 2.07. The van der Waals surface area contributed by atoms with Crippen LogP contribution in [0.15, 0.2) is 27.4 Å². The van der Waals surface area contributed by atoms with E-state index in [0.29, 0.717) is 10.6 Å². The van der Waals surface area contributed by atoms with E-state index in [1.54, 1.807) is 12.1 Å². The van der Waals surface area contributed by atoms with Crippen LogP contribution in [0.5, 0.6) is 0 Å². The maximum Gasteiger partial charge on any atom is 0.208 e. The first-order valence-electron chi connectivity index (χ1n) is 5.03. The predicted molar refractivity (Wildman–Crippen MR) is 75.2 cm³/mol. The molecule has 0 aliphatic rings. The van der Waals surface area contributed by atoms with Crippen LogP contribution in [0.25, 0.3) is 0 Å². The molecule has 0 amide bonds. The fourth-order valence-corrected chi connectivity index (χ4v) is 3.20. The molecule has 0 radical (unpaired) electrons. The summed E-state index contributed by atoms with van der Waals surface area (Å²) in [6.45, 7) is 0. The van der Waals surface area contributed by atoms with Crippen molar-refractivity contribution < 1.29 is 4.79 Å². The number of hydrogen-bond acceptors (Lipinski definition) is 6. The van der Waals surface area contributed by atoms with Crippen molar-refractivity contribution in [1.29, 1.82) is 0 Å². The lowest BCUT2D eigenvalue weighted by atomic mass is 10.2. The first kappa shape index (κ1) is 13.3. The quantitative estimate of drug-likeness (QED) is 0.811. The van der Waals surface area contributed by atoms with Gasteiger partial charge in [-0.15, -0.1) is 10.2 Å². The van der Waals surface area contributed by atoms with Crippen LogP contribution in [0, 0.1) is 0 Å². The highest BCUT2D eigenvalue weighted by Gasteiger charge is 2.10. The molecule has 0 N–H and O–H groups in total. The smallest absolute Gasteiger partial charge is 0.208 e. The van der Waals surface area contributed by atoms with Crippen molar-refractivity contribution >= 4 is 46.1 Å². The van der Waals surface area contributed by atoms with Crippen LogP contribution in [-0.4, -0.2) is 30.6 Å². The van der Waals surface area contributed by atoms with Gasteiger partial charge in [0.1, 0.15) is 0 Å². The summed E-state index contributed by atoms with van der Waals surface area (Å²) in [6, 6.07) is 5.21. The normalized spacial score (nSPS) is 10.4. The maximum atomic E-state index is 11.0. The SMILES string of the molecule is CN(C)c1nnc(Sc2ccc(Cl)cc2C=O)s1. The van der Waals surface area contributed by atoms with Crippen molar-refractivity contribution in [2.24, 2.45) is 0 Å². The van der Waals surface area contributed by atoms with E-state index < -0.39 is 0 Å². The Labute approximate surface area is 118 Å². The fraction of sp³-hybridized carbons (Fsp3) is 0.182. The number of carbonyl (C=O) groups is 1. The highest BCUT2D eigenvalue weighted by atomic mass is 35.5. The van der Waals surface area contributed by atoms with Crippen molar-refractivity contribution in [2.75, 3.05) is 19.0 Å². The zero-order valence-corrected chi connectivity index (χ0v) is 12.1. The zero-order valence-electron chi connectivity index (χ0n) is 9.75. The maximum absolute atomic E-state index is 11.0. The van der Waals surface area contributed by atoms with Gasteiger partial charge in [0.25, 0.3) is 0 Å². The monoisotopic (exact) mass is 299 g/mol. The van der Waals surface area contributed by atoms with Crippen LogP contribution in [0.4, 0.5) is 5.13 Å². The summed E-state index contributed by atoms with van der Waals surface area (Å²) in [7, 11) is 3.82. The Morgan fingerprint density at radius 3 is 2.78 bits per heavy atom. The molecule has 0 unspecified atom stereocenters. The van der Waals surface area contributed by atoms with Gasteiger partial charge in [0.15, 0.2) is 10.6 Å². The first-order valence-corrected chi connectivity index (χ1v) is 7.04. The lowest BCUT2D eigenvalue weighted by Gasteiger charge is -2.04. The number of aromatic nitrogens is 2. The van der Waals surface area contributed by atoms with E-state index in [4.69, 9.17) is 11.6 Å². The molecule has 0 spiro atoms. The van der Waals surface area contributed by atoms with Crippen LogP contribution < -0.4 is 4.90 Å². The fourth-order valence-electron chi connectivity index (χ4n) is 1.22. The predicted octanol–water partition coefficient (Wildman–Crippen LogP) is 3.22. The summed E-state index contributed by atoms with van der Waals surface area (Å²) in [5.74, 6) is 0. The third-order valence-corrected chi connectivity index (χ3v) is 4.54. The number of aldehydes is 1. The second kappa shape index (κ2) is 5.69. The van der Waals surface area contributed by atoms with E-state index in [1.807, 2.05) is 25.1 Å². The summed E-state index contributed by atoms with van der Waals surface area (Å²) in [6.07, 6.45) is 0.794. The van der Waals surface area contributed by atoms with Gasteiger partial charge in [-0.1, -0.05) is 34.7 Å².